The molecule has 0 saturated heterocycles. The third-order valence-corrected chi connectivity index (χ3v) is 7.38. The standard InChI is InChI=1S/C30H40N8O5/c1-19-8-9-25-26(16-19)43-15-7-13-37-18-24(33-35-37)17-36(12-6-11-31-29(41)21(3)32-30(25)42)27(40)10-14-38-22(4)28(23(5)39)20(2)34-38/h8-9,16,18,21H,6-7,10-15,17H2,1-5H3,(H,31,41)(H,32,42)/t21-/m1/s1. The molecule has 2 N–H and O–H groups in total. The van der Waals surface area contributed by atoms with Crippen molar-refractivity contribution in [2.45, 2.75) is 79.6 Å². The molecule has 13 heteroatoms. The summed E-state index contributed by atoms with van der Waals surface area (Å²) in [6.45, 7) is 10.8. The summed E-state index contributed by atoms with van der Waals surface area (Å²) in [6.07, 6.45) is 3.10. The van der Waals surface area contributed by atoms with Crippen molar-refractivity contribution in [3.05, 3.63) is 58.2 Å². The lowest BCUT2D eigenvalue weighted by atomic mass is 10.1. The van der Waals surface area contributed by atoms with Gasteiger partial charge in [0.25, 0.3) is 5.91 Å². The highest BCUT2D eigenvalue weighted by Crippen LogP contribution is 2.21. The number of amides is 3. The van der Waals surface area contributed by atoms with E-state index in [-0.39, 0.29) is 30.6 Å². The van der Waals surface area contributed by atoms with Crippen molar-refractivity contribution in [1.82, 2.24) is 40.3 Å². The number of hydrogen-bond donors (Lipinski definition) is 2. The molecule has 230 valence electrons. The van der Waals surface area contributed by atoms with Crippen molar-refractivity contribution < 1.29 is 23.9 Å². The Morgan fingerprint density at radius 3 is 2.65 bits per heavy atom. The van der Waals surface area contributed by atoms with Gasteiger partial charge in [-0.1, -0.05) is 11.3 Å². The minimum Gasteiger partial charge on any atom is -0.493 e. The Bertz CT molecular complexity index is 1490. The van der Waals surface area contributed by atoms with Crippen molar-refractivity contribution in [2.24, 2.45) is 0 Å². The number of carbonyl (C=O) groups is 4. The number of ether oxygens (including phenoxy) is 1. The van der Waals surface area contributed by atoms with Crippen LogP contribution in [0.15, 0.2) is 24.4 Å². The fourth-order valence-electron chi connectivity index (χ4n) is 5.11. The first-order valence-electron chi connectivity index (χ1n) is 14.6. The number of ketones is 1. The zero-order chi connectivity index (χ0) is 31.1. The predicted molar refractivity (Wildman–Crippen MR) is 158 cm³/mol. The van der Waals surface area contributed by atoms with E-state index < -0.39 is 11.9 Å². The highest BCUT2D eigenvalue weighted by molar-refractivity contribution is 5.99. The van der Waals surface area contributed by atoms with E-state index >= 15 is 0 Å². The Labute approximate surface area is 250 Å². The Kier molecular flexibility index (Phi) is 10.3. The lowest BCUT2D eigenvalue weighted by Gasteiger charge is -2.22. The minimum atomic E-state index is -0.767. The number of benzene rings is 1. The maximum absolute atomic E-state index is 13.4. The van der Waals surface area contributed by atoms with E-state index in [2.05, 4.69) is 26.0 Å². The Hall–Kier alpha value is -4.55. The quantitative estimate of drug-likeness (QED) is 0.437. The highest BCUT2D eigenvalue weighted by Gasteiger charge is 2.22. The number of nitrogens with one attached hydrogen (secondary N) is 2. The van der Waals surface area contributed by atoms with Gasteiger partial charge in [0, 0.05) is 44.7 Å². The summed E-state index contributed by atoms with van der Waals surface area (Å²) in [5.41, 5.74) is 3.92. The molecule has 43 heavy (non-hydrogen) atoms. The molecule has 3 heterocycles. The van der Waals surface area contributed by atoms with Crippen molar-refractivity contribution >= 4 is 23.5 Å². The zero-order valence-electron chi connectivity index (χ0n) is 25.5. The maximum Gasteiger partial charge on any atom is 0.255 e. The number of hydrogen-bond acceptors (Lipinski definition) is 8. The average molecular weight is 593 g/mol. The molecule has 0 saturated carbocycles. The zero-order valence-corrected chi connectivity index (χ0v) is 25.5. The Morgan fingerprint density at radius 1 is 1.12 bits per heavy atom. The monoisotopic (exact) mass is 592 g/mol. The molecular formula is C30H40N8O5. The highest BCUT2D eigenvalue weighted by atomic mass is 16.5. The van der Waals surface area contributed by atoms with Gasteiger partial charge in [0.05, 0.1) is 36.2 Å². The Balaban J connectivity index is 1.47. The van der Waals surface area contributed by atoms with Gasteiger partial charge >= 0.3 is 0 Å². The Morgan fingerprint density at radius 2 is 1.91 bits per heavy atom. The van der Waals surface area contributed by atoms with Gasteiger partial charge in [-0.3, -0.25) is 28.5 Å². The van der Waals surface area contributed by atoms with Crippen LogP contribution in [0.3, 0.4) is 0 Å². The molecule has 0 radical (unpaired) electrons. The molecule has 1 aliphatic rings. The summed E-state index contributed by atoms with van der Waals surface area (Å²) in [5, 5.41) is 18.5. The number of rotatable bonds is 4. The van der Waals surface area contributed by atoms with Crippen LogP contribution in [-0.4, -0.2) is 78.9 Å². The van der Waals surface area contributed by atoms with Crippen LogP contribution in [0.25, 0.3) is 0 Å². The van der Waals surface area contributed by atoms with E-state index in [1.54, 1.807) is 40.2 Å². The van der Waals surface area contributed by atoms with Gasteiger partial charge in [-0.2, -0.15) is 5.10 Å². The second-order valence-electron chi connectivity index (χ2n) is 10.9. The normalized spacial score (nSPS) is 17.0. The van der Waals surface area contributed by atoms with Crippen molar-refractivity contribution in [2.75, 3.05) is 19.7 Å². The van der Waals surface area contributed by atoms with Crippen LogP contribution in [-0.2, 0) is 29.2 Å². The lowest BCUT2D eigenvalue weighted by Crippen LogP contribution is -2.45. The smallest absolute Gasteiger partial charge is 0.255 e. The van der Waals surface area contributed by atoms with Crippen LogP contribution < -0.4 is 15.4 Å². The second-order valence-corrected chi connectivity index (χ2v) is 10.9. The fourth-order valence-corrected chi connectivity index (χ4v) is 5.11. The number of aromatic nitrogens is 5. The van der Waals surface area contributed by atoms with Gasteiger partial charge in [0.15, 0.2) is 5.78 Å². The minimum absolute atomic E-state index is 0.0546. The van der Waals surface area contributed by atoms with E-state index in [0.29, 0.717) is 73.9 Å². The van der Waals surface area contributed by atoms with E-state index in [1.807, 2.05) is 26.1 Å². The number of Topliss-reactive ketones (excluding diaryl/α,β-unsaturated/α-hetero) is 1. The largest absolute Gasteiger partial charge is 0.493 e. The topological polar surface area (TPSA) is 153 Å². The molecule has 2 bridgehead atoms. The SMILES string of the molecule is CC(=O)c1c(C)nn(CCC(=O)N2CCCNC(=O)[C@@H](C)NC(=O)c3ccc(C)cc3OCCCn3cc(nn3)C2)c1C. The summed E-state index contributed by atoms with van der Waals surface area (Å²) in [5.74, 6) is -0.431. The average Bonchev–Trinajstić information content (AvgIpc) is 3.52. The van der Waals surface area contributed by atoms with Crippen LogP contribution in [0.5, 0.6) is 5.75 Å². The van der Waals surface area contributed by atoms with Crippen molar-refractivity contribution in [1.29, 1.82) is 0 Å². The molecular weight excluding hydrogens is 552 g/mol. The maximum atomic E-state index is 13.4. The molecule has 1 aromatic carbocycles. The molecule has 1 aliphatic heterocycles. The van der Waals surface area contributed by atoms with Gasteiger partial charge < -0.3 is 20.3 Å². The lowest BCUT2D eigenvalue weighted by molar-refractivity contribution is -0.132. The molecule has 3 aromatic rings. The summed E-state index contributed by atoms with van der Waals surface area (Å²) in [6, 6.07) is 4.56. The van der Waals surface area contributed by atoms with Gasteiger partial charge in [0.1, 0.15) is 17.5 Å². The van der Waals surface area contributed by atoms with Crippen LogP contribution in [0, 0.1) is 20.8 Å². The molecule has 0 aliphatic carbocycles. The summed E-state index contributed by atoms with van der Waals surface area (Å²) >= 11 is 0. The second kappa shape index (κ2) is 14.1. The molecule has 2 aromatic heterocycles. The van der Waals surface area contributed by atoms with Gasteiger partial charge in [-0.25, -0.2) is 0 Å². The fraction of sp³-hybridized carbons (Fsp3) is 0.500. The number of carbonyl (C=O) groups excluding carboxylic acids is 4. The van der Waals surface area contributed by atoms with E-state index in [9.17, 15) is 19.2 Å². The summed E-state index contributed by atoms with van der Waals surface area (Å²) in [4.78, 5) is 52.8. The number of fused-ring (bicyclic) bond motifs is 3. The first kappa shape index (κ1) is 31.4. The molecule has 0 fully saturated rings. The van der Waals surface area contributed by atoms with E-state index in [1.165, 1.54) is 6.92 Å². The molecule has 4 rings (SSSR count). The van der Waals surface area contributed by atoms with Crippen molar-refractivity contribution in [3.8, 4) is 5.75 Å². The molecule has 0 spiro atoms. The molecule has 0 unspecified atom stereocenters. The third-order valence-electron chi connectivity index (χ3n) is 7.38. The predicted octanol–water partition coefficient (Wildman–Crippen LogP) is 2.13. The summed E-state index contributed by atoms with van der Waals surface area (Å²) < 4.78 is 9.36. The van der Waals surface area contributed by atoms with E-state index in [4.69, 9.17) is 4.74 Å². The third kappa shape index (κ3) is 8.05. The van der Waals surface area contributed by atoms with Crippen molar-refractivity contribution in [3.63, 3.8) is 0 Å². The summed E-state index contributed by atoms with van der Waals surface area (Å²) in [7, 11) is 0. The molecule has 13 nitrogen and oxygen atoms in total. The number of nitrogens with zero attached hydrogens (tertiary/aromatic N) is 6. The molecule has 3 amide bonds. The first-order valence-corrected chi connectivity index (χ1v) is 14.6. The van der Waals surface area contributed by atoms with Gasteiger partial charge in [0.2, 0.25) is 11.8 Å². The van der Waals surface area contributed by atoms with Crippen LogP contribution >= 0.6 is 0 Å². The van der Waals surface area contributed by atoms with Crippen LogP contribution in [0.4, 0.5) is 0 Å². The van der Waals surface area contributed by atoms with Crippen LogP contribution in [0.2, 0.25) is 0 Å². The first-order chi connectivity index (χ1) is 20.5. The van der Waals surface area contributed by atoms with E-state index in [0.717, 1.165) is 11.3 Å². The number of aryl methyl sites for hydroxylation is 4. The van der Waals surface area contributed by atoms with Crippen LogP contribution in [0.1, 0.15) is 76.5 Å². The molecule has 1 atom stereocenters. The van der Waals surface area contributed by atoms with Gasteiger partial charge in [-0.05, 0) is 58.7 Å². The van der Waals surface area contributed by atoms with Gasteiger partial charge in [-0.15, -0.1) is 5.10 Å².